The summed E-state index contributed by atoms with van der Waals surface area (Å²) in [5, 5.41) is 10.2. The molecule has 1 heterocycles. The Kier molecular flexibility index (Phi) is 5.40. The van der Waals surface area contributed by atoms with E-state index in [1.165, 1.54) is 0 Å². The van der Waals surface area contributed by atoms with Gasteiger partial charge in [0.25, 0.3) is 0 Å². The van der Waals surface area contributed by atoms with Gasteiger partial charge in [0.2, 0.25) is 0 Å². The lowest BCUT2D eigenvalue weighted by atomic mass is 10.1. The molecule has 108 valence electrons. The van der Waals surface area contributed by atoms with Crippen molar-refractivity contribution in [2.75, 3.05) is 13.6 Å². The monoisotopic (exact) mass is 337 g/mol. The molecule has 0 aliphatic rings. The summed E-state index contributed by atoms with van der Waals surface area (Å²) >= 11 is 3.42. The molecule has 1 aromatic carbocycles. The summed E-state index contributed by atoms with van der Waals surface area (Å²) in [7, 11) is 2.03. The summed E-state index contributed by atoms with van der Waals surface area (Å²) in [5.41, 5.74) is 0.946. The summed E-state index contributed by atoms with van der Waals surface area (Å²) in [4.78, 5) is 2.15. The normalized spacial score (nSPS) is 12.8. The molecule has 1 aromatic heterocycles. The molecule has 2 rings (SSSR count). The zero-order valence-corrected chi connectivity index (χ0v) is 13.4. The van der Waals surface area contributed by atoms with Gasteiger partial charge in [-0.1, -0.05) is 28.1 Å². The van der Waals surface area contributed by atoms with Gasteiger partial charge in [0.1, 0.15) is 11.5 Å². The van der Waals surface area contributed by atoms with Crippen molar-refractivity contribution >= 4 is 15.9 Å². The van der Waals surface area contributed by atoms with E-state index in [1.54, 1.807) is 0 Å². The van der Waals surface area contributed by atoms with Gasteiger partial charge in [0.15, 0.2) is 0 Å². The van der Waals surface area contributed by atoms with Gasteiger partial charge in [-0.2, -0.15) is 0 Å². The molecule has 3 nitrogen and oxygen atoms in total. The van der Waals surface area contributed by atoms with Crippen LogP contribution in [0.3, 0.4) is 0 Å². The molecule has 0 aliphatic carbocycles. The Bertz CT molecular complexity index is 553. The number of furan rings is 1. The fourth-order valence-corrected chi connectivity index (χ4v) is 2.56. The van der Waals surface area contributed by atoms with Crippen molar-refractivity contribution < 1.29 is 9.52 Å². The van der Waals surface area contributed by atoms with Crippen LogP contribution in [-0.2, 0) is 6.54 Å². The summed E-state index contributed by atoms with van der Waals surface area (Å²) < 4.78 is 6.54. The topological polar surface area (TPSA) is 36.6 Å². The Hall–Kier alpha value is -1.10. The van der Waals surface area contributed by atoms with E-state index in [9.17, 15) is 5.11 Å². The lowest BCUT2D eigenvalue weighted by Crippen LogP contribution is -2.20. The first kappa shape index (κ1) is 15.3. The number of benzene rings is 1. The van der Waals surface area contributed by atoms with Gasteiger partial charge in [-0.15, -0.1) is 0 Å². The van der Waals surface area contributed by atoms with Crippen LogP contribution in [0.15, 0.2) is 45.3 Å². The third-order valence-electron chi connectivity index (χ3n) is 3.24. The third kappa shape index (κ3) is 4.47. The zero-order chi connectivity index (χ0) is 14.5. The standard InChI is InChI=1S/C16H20BrNO2/c1-12-6-7-15(20-12)11-18(2)9-8-16(19)13-4-3-5-14(17)10-13/h3-7,10,16,19H,8-9,11H2,1-2H3. The fourth-order valence-electron chi connectivity index (χ4n) is 2.14. The lowest BCUT2D eigenvalue weighted by Gasteiger charge is -2.18. The van der Waals surface area contributed by atoms with Crippen molar-refractivity contribution in [2.24, 2.45) is 0 Å². The lowest BCUT2D eigenvalue weighted by molar-refractivity contribution is 0.145. The molecule has 1 N–H and O–H groups in total. The Morgan fingerprint density at radius 3 is 2.75 bits per heavy atom. The highest BCUT2D eigenvalue weighted by Gasteiger charge is 2.10. The molecule has 2 aromatic rings. The number of aliphatic hydroxyl groups is 1. The van der Waals surface area contributed by atoms with Gasteiger partial charge in [-0.3, -0.25) is 4.90 Å². The Morgan fingerprint density at radius 1 is 1.30 bits per heavy atom. The SMILES string of the molecule is Cc1ccc(CN(C)CCC(O)c2cccc(Br)c2)o1. The van der Waals surface area contributed by atoms with Crippen LogP contribution in [0, 0.1) is 6.92 Å². The van der Waals surface area contributed by atoms with Gasteiger partial charge in [0, 0.05) is 11.0 Å². The van der Waals surface area contributed by atoms with E-state index in [4.69, 9.17) is 4.42 Å². The first-order chi connectivity index (χ1) is 9.54. The molecular weight excluding hydrogens is 318 g/mol. The Morgan fingerprint density at radius 2 is 2.10 bits per heavy atom. The average molecular weight is 338 g/mol. The van der Waals surface area contributed by atoms with E-state index >= 15 is 0 Å². The molecule has 1 atom stereocenters. The second-order valence-corrected chi connectivity index (χ2v) is 6.03. The maximum Gasteiger partial charge on any atom is 0.118 e. The average Bonchev–Trinajstić information content (AvgIpc) is 2.81. The number of halogens is 1. The molecule has 0 bridgehead atoms. The number of aliphatic hydroxyl groups excluding tert-OH is 1. The minimum atomic E-state index is -0.437. The molecule has 20 heavy (non-hydrogen) atoms. The second kappa shape index (κ2) is 7.07. The molecule has 0 fully saturated rings. The Labute approximate surface area is 128 Å². The number of hydrogen-bond donors (Lipinski definition) is 1. The van der Waals surface area contributed by atoms with E-state index in [2.05, 4.69) is 20.8 Å². The maximum atomic E-state index is 10.2. The van der Waals surface area contributed by atoms with Crippen molar-refractivity contribution in [2.45, 2.75) is 26.0 Å². The molecule has 0 saturated carbocycles. The van der Waals surface area contributed by atoms with Crippen LogP contribution in [-0.4, -0.2) is 23.6 Å². The van der Waals surface area contributed by atoms with Gasteiger partial charge in [-0.25, -0.2) is 0 Å². The number of nitrogens with zero attached hydrogens (tertiary/aromatic N) is 1. The van der Waals surface area contributed by atoms with Crippen molar-refractivity contribution in [3.63, 3.8) is 0 Å². The largest absolute Gasteiger partial charge is 0.465 e. The number of rotatable bonds is 6. The van der Waals surface area contributed by atoms with Crippen LogP contribution in [0.2, 0.25) is 0 Å². The fraction of sp³-hybridized carbons (Fsp3) is 0.375. The molecule has 1 unspecified atom stereocenters. The summed E-state index contributed by atoms with van der Waals surface area (Å²) in [6, 6.07) is 11.8. The predicted octanol–water partition coefficient (Wildman–Crippen LogP) is 3.91. The van der Waals surface area contributed by atoms with Crippen LogP contribution < -0.4 is 0 Å². The van der Waals surface area contributed by atoms with Crippen molar-refractivity contribution in [1.82, 2.24) is 4.90 Å². The van der Waals surface area contributed by atoms with Crippen molar-refractivity contribution in [3.05, 3.63) is 58.0 Å². The van der Waals surface area contributed by atoms with Gasteiger partial charge < -0.3 is 9.52 Å². The predicted molar refractivity (Wildman–Crippen MR) is 83.5 cm³/mol. The first-order valence-corrected chi connectivity index (χ1v) is 7.51. The molecular formula is C16H20BrNO2. The third-order valence-corrected chi connectivity index (χ3v) is 3.73. The van der Waals surface area contributed by atoms with Crippen molar-refractivity contribution in [1.29, 1.82) is 0 Å². The first-order valence-electron chi connectivity index (χ1n) is 6.72. The molecule has 0 spiro atoms. The van der Waals surface area contributed by atoms with E-state index in [-0.39, 0.29) is 0 Å². The van der Waals surface area contributed by atoms with Crippen LogP contribution >= 0.6 is 15.9 Å². The highest BCUT2D eigenvalue weighted by Crippen LogP contribution is 2.21. The van der Waals surface area contributed by atoms with Gasteiger partial charge >= 0.3 is 0 Å². The Balaban J connectivity index is 1.82. The molecule has 0 radical (unpaired) electrons. The van der Waals surface area contributed by atoms with Gasteiger partial charge in [0.05, 0.1) is 12.6 Å². The highest BCUT2D eigenvalue weighted by molar-refractivity contribution is 9.10. The number of aryl methyl sites for hydroxylation is 1. The van der Waals surface area contributed by atoms with Crippen LogP contribution in [0.1, 0.15) is 29.6 Å². The zero-order valence-electron chi connectivity index (χ0n) is 11.8. The summed E-state index contributed by atoms with van der Waals surface area (Å²) in [5.74, 6) is 1.89. The van der Waals surface area contributed by atoms with Gasteiger partial charge in [-0.05, 0) is 50.2 Å². The molecule has 0 aliphatic heterocycles. The minimum Gasteiger partial charge on any atom is -0.465 e. The molecule has 0 amide bonds. The molecule has 0 saturated heterocycles. The van der Waals surface area contributed by atoms with E-state index < -0.39 is 6.10 Å². The summed E-state index contributed by atoms with van der Waals surface area (Å²) in [6.07, 6.45) is 0.264. The van der Waals surface area contributed by atoms with E-state index in [0.29, 0.717) is 6.42 Å². The minimum absolute atomic E-state index is 0.437. The highest BCUT2D eigenvalue weighted by atomic mass is 79.9. The quantitative estimate of drug-likeness (QED) is 0.868. The van der Waals surface area contributed by atoms with Crippen LogP contribution in [0.5, 0.6) is 0 Å². The second-order valence-electron chi connectivity index (χ2n) is 5.11. The molecule has 4 heteroatoms. The van der Waals surface area contributed by atoms with E-state index in [1.807, 2.05) is 50.4 Å². The summed E-state index contributed by atoms with van der Waals surface area (Å²) in [6.45, 7) is 3.52. The smallest absolute Gasteiger partial charge is 0.118 e. The van der Waals surface area contributed by atoms with Crippen LogP contribution in [0.4, 0.5) is 0 Å². The number of hydrogen-bond acceptors (Lipinski definition) is 3. The maximum absolute atomic E-state index is 10.2. The van der Waals surface area contributed by atoms with Crippen LogP contribution in [0.25, 0.3) is 0 Å². The van der Waals surface area contributed by atoms with Crippen molar-refractivity contribution in [3.8, 4) is 0 Å². The van der Waals surface area contributed by atoms with E-state index in [0.717, 1.165) is 34.6 Å².